The van der Waals surface area contributed by atoms with Gasteiger partial charge >= 0.3 is 0 Å². The van der Waals surface area contributed by atoms with Crippen LogP contribution in [0, 0.1) is 0 Å². The minimum Gasteiger partial charge on any atom is -0.376 e. The van der Waals surface area contributed by atoms with Crippen LogP contribution in [0.25, 0.3) is 6.08 Å². The van der Waals surface area contributed by atoms with E-state index in [1.165, 1.54) is 6.08 Å². The van der Waals surface area contributed by atoms with E-state index in [1.54, 1.807) is 24.3 Å². The summed E-state index contributed by atoms with van der Waals surface area (Å²) < 4.78 is 5.42. The molecule has 1 saturated heterocycles. The van der Waals surface area contributed by atoms with Gasteiger partial charge in [-0.1, -0.05) is 23.2 Å². The summed E-state index contributed by atoms with van der Waals surface area (Å²) in [6.45, 7) is 1.34. The van der Waals surface area contributed by atoms with Crippen molar-refractivity contribution in [2.24, 2.45) is 0 Å². The molecule has 0 saturated carbocycles. The van der Waals surface area contributed by atoms with Gasteiger partial charge in [-0.3, -0.25) is 4.79 Å². The van der Waals surface area contributed by atoms with E-state index in [0.29, 0.717) is 16.6 Å². The Morgan fingerprint density at radius 2 is 2.11 bits per heavy atom. The number of ether oxygens (including phenoxy) is 1. The summed E-state index contributed by atoms with van der Waals surface area (Å²) in [6, 6.07) is 5.15. The van der Waals surface area contributed by atoms with Crippen LogP contribution >= 0.6 is 23.2 Å². The van der Waals surface area contributed by atoms with Crippen LogP contribution in [0.3, 0.4) is 0 Å². The minimum absolute atomic E-state index is 0.147. The molecule has 1 aromatic rings. The molecule has 1 aliphatic heterocycles. The van der Waals surface area contributed by atoms with E-state index in [4.69, 9.17) is 27.9 Å². The van der Waals surface area contributed by atoms with E-state index < -0.39 is 0 Å². The zero-order valence-corrected chi connectivity index (χ0v) is 11.9. The molecule has 102 valence electrons. The fourth-order valence-electron chi connectivity index (χ4n) is 1.92. The van der Waals surface area contributed by atoms with Crippen LogP contribution in [-0.2, 0) is 9.53 Å². The molecule has 1 amide bonds. The van der Waals surface area contributed by atoms with E-state index in [0.717, 1.165) is 25.0 Å². The van der Waals surface area contributed by atoms with Crippen LogP contribution in [0.5, 0.6) is 0 Å². The lowest BCUT2D eigenvalue weighted by molar-refractivity contribution is -0.116. The van der Waals surface area contributed by atoms with E-state index in [-0.39, 0.29) is 12.0 Å². The first-order chi connectivity index (χ1) is 9.13. The Morgan fingerprint density at radius 1 is 1.37 bits per heavy atom. The van der Waals surface area contributed by atoms with Crippen molar-refractivity contribution in [2.45, 2.75) is 18.9 Å². The van der Waals surface area contributed by atoms with E-state index in [1.807, 2.05) is 0 Å². The molecular formula is C14H15Cl2NO2. The number of hydrogen-bond acceptors (Lipinski definition) is 2. The Balaban J connectivity index is 1.84. The molecule has 1 heterocycles. The summed E-state index contributed by atoms with van der Waals surface area (Å²) in [7, 11) is 0. The van der Waals surface area contributed by atoms with Crippen molar-refractivity contribution in [3.05, 3.63) is 39.9 Å². The molecule has 19 heavy (non-hydrogen) atoms. The molecule has 0 bridgehead atoms. The first kappa shape index (κ1) is 14.4. The number of benzene rings is 1. The number of halogens is 2. The predicted octanol–water partition coefficient (Wildman–Crippen LogP) is 3.30. The quantitative estimate of drug-likeness (QED) is 0.866. The van der Waals surface area contributed by atoms with Crippen molar-refractivity contribution in [2.75, 3.05) is 13.2 Å². The van der Waals surface area contributed by atoms with Crippen molar-refractivity contribution in [1.29, 1.82) is 0 Å². The van der Waals surface area contributed by atoms with E-state index >= 15 is 0 Å². The van der Waals surface area contributed by atoms with Gasteiger partial charge in [0.2, 0.25) is 5.91 Å². The highest BCUT2D eigenvalue weighted by Gasteiger charge is 2.15. The van der Waals surface area contributed by atoms with Crippen molar-refractivity contribution in [3.63, 3.8) is 0 Å². The Bertz CT molecular complexity index is 462. The molecule has 0 spiro atoms. The highest BCUT2D eigenvalue weighted by Crippen LogP contribution is 2.19. The van der Waals surface area contributed by atoms with Crippen LogP contribution in [0.2, 0.25) is 10.0 Å². The number of nitrogens with one attached hydrogen (secondary N) is 1. The smallest absolute Gasteiger partial charge is 0.244 e. The molecular weight excluding hydrogens is 285 g/mol. The molecule has 2 rings (SSSR count). The average molecular weight is 300 g/mol. The van der Waals surface area contributed by atoms with Crippen LogP contribution in [0.4, 0.5) is 0 Å². The SMILES string of the molecule is O=C(/C=C/c1cc(Cl)cc(Cl)c1)NCC1CCCO1. The monoisotopic (exact) mass is 299 g/mol. The summed E-state index contributed by atoms with van der Waals surface area (Å²) in [6.07, 6.45) is 5.38. The number of amides is 1. The highest BCUT2D eigenvalue weighted by molar-refractivity contribution is 6.34. The van der Waals surface area contributed by atoms with Gasteiger partial charge in [0.05, 0.1) is 6.10 Å². The van der Waals surface area contributed by atoms with Crippen molar-refractivity contribution in [3.8, 4) is 0 Å². The minimum atomic E-state index is -0.147. The molecule has 1 atom stereocenters. The number of carbonyl (C=O) groups excluding carboxylic acids is 1. The summed E-state index contributed by atoms with van der Waals surface area (Å²) in [5.74, 6) is -0.147. The van der Waals surface area contributed by atoms with Gasteiger partial charge < -0.3 is 10.1 Å². The molecule has 1 aromatic carbocycles. The lowest BCUT2D eigenvalue weighted by Crippen LogP contribution is -2.30. The lowest BCUT2D eigenvalue weighted by Gasteiger charge is -2.08. The van der Waals surface area contributed by atoms with Crippen LogP contribution in [0.1, 0.15) is 18.4 Å². The molecule has 0 radical (unpaired) electrons. The summed E-state index contributed by atoms with van der Waals surface area (Å²) >= 11 is 11.8. The lowest BCUT2D eigenvalue weighted by atomic mass is 10.2. The molecule has 0 aromatic heterocycles. The van der Waals surface area contributed by atoms with Crippen molar-refractivity contribution >= 4 is 35.2 Å². The summed E-state index contributed by atoms with van der Waals surface area (Å²) in [5.41, 5.74) is 0.796. The molecule has 1 fully saturated rings. The number of hydrogen-bond donors (Lipinski definition) is 1. The fourth-order valence-corrected chi connectivity index (χ4v) is 2.46. The third-order valence-electron chi connectivity index (χ3n) is 2.84. The van der Waals surface area contributed by atoms with Gasteiger partial charge in [-0.05, 0) is 42.7 Å². The van der Waals surface area contributed by atoms with E-state index in [2.05, 4.69) is 5.32 Å². The van der Waals surface area contributed by atoms with Crippen LogP contribution < -0.4 is 5.32 Å². The first-order valence-corrected chi connectivity index (χ1v) is 6.93. The predicted molar refractivity (Wildman–Crippen MR) is 77.5 cm³/mol. The fraction of sp³-hybridized carbons (Fsp3) is 0.357. The molecule has 3 nitrogen and oxygen atoms in total. The molecule has 5 heteroatoms. The van der Waals surface area contributed by atoms with Crippen LogP contribution in [-0.4, -0.2) is 25.2 Å². The van der Waals surface area contributed by atoms with Crippen molar-refractivity contribution in [1.82, 2.24) is 5.32 Å². The Labute approximate surface area is 122 Å². The Morgan fingerprint density at radius 3 is 2.74 bits per heavy atom. The van der Waals surface area contributed by atoms with Crippen molar-refractivity contribution < 1.29 is 9.53 Å². The topological polar surface area (TPSA) is 38.3 Å². The maximum absolute atomic E-state index is 11.6. The number of rotatable bonds is 4. The largest absolute Gasteiger partial charge is 0.376 e. The zero-order chi connectivity index (χ0) is 13.7. The maximum Gasteiger partial charge on any atom is 0.244 e. The van der Waals surface area contributed by atoms with Gasteiger partial charge in [-0.15, -0.1) is 0 Å². The second-order valence-electron chi connectivity index (χ2n) is 4.42. The first-order valence-electron chi connectivity index (χ1n) is 6.17. The van der Waals surface area contributed by atoms with Gasteiger partial charge in [0.25, 0.3) is 0 Å². The van der Waals surface area contributed by atoms with Gasteiger partial charge in [0.1, 0.15) is 0 Å². The standard InChI is InChI=1S/C14H15Cl2NO2/c15-11-6-10(7-12(16)8-11)3-4-14(18)17-9-13-2-1-5-19-13/h3-4,6-8,13H,1-2,5,9H2,(H,17,18)/b4-3+. The second-order valence-corrected chi connectivity index (χ2v) is 5.29. The van der Waals surface area contributed by atoms with Gasteiger partial charge in [0, 0.05) is 29.3 Å². The van der Waals surface area contributed by atoms with Gasteiger partial charge in [-0.25, -0.2) is 0 Å². The van der Waals surface area contributed by atoms with E-state index in [9.17, 15) is 4.79 Å². The summed E-state index contributed by atoms with van der Waals surface area (Å²) in [5, 5.41) is 3.90. The third-order valence-corrected chi connectivity index (χ3v) is 3.28. The average Bonchev–Trinajstić information content (AvgIpc) is 2.86. The number of carbonyl (C=O) groups is 1. The van der Waals surface area contributed by atoms with Crippen LogP contribution in [0.15, 0.2) is 24.3 Å². The van der Waals surface area contributed by atoms with Gasteiger partial charge in [0.15, 0.2) is 0 Å². The van der Waals surface area contributed by atoms with Gasteiger partial charge in [-0.2, -0.15) is 0 Å². The molecule has 1 unspecified atom stereocenters. The Kier molecular flexibility index (Phi) is 5.25. The zero-order valence-electron chi connectivity index (χ0n) is 10.4. The molecule has 1 aliphatic rings. The molecule has 1 N–H and O–H groups in total. The third kappa shape index (κ3) is 4.86. The Hall–Kier alpha value is -1.03. The highest BCUT2D eigenvalue weighted by atomic mass is 35.5. The summed E-state index contributed by atoms with van der Waals surface area (Å²) in [4.78, 5) is 11.6. The maximum atomic E-state index is 11.6. The normalized spacial score (nSPS) is 18.9. The second kappa shape index (κ2) is 6.94. The molecule has 0 aliphatic carbocycles.